The number of urea groups is 1. The minimum absolute atomic E-state index is 0.176. The van der Waals surface area contributed by atoms with Gasteiger partial charge in [0, 0.05) is 19.1 Å². The van der Waals surface area contributed by atoms with Crippen LogP contribution < -0.4 is 5.32 Å². The molecule has 0 radical (unpaired) electrons. The first kappa shape index (κ1) is 13.7. The Morgan fingerprint density at radius 3 is 2.67 bits per heavy atom. The third-order valence-electron chi connectivity index (χ3n) is 5.00. The number of nitrogens with zero attached hydrogens (tertiary/aromatic N) is 1. The molecule has 0 bridgehead atoms. The molecule has 0 aromatic carbocycles. The van der Waals surface area contributed by atoms with Gasteiger partial charge in [0.05, 0.1) is 0 Å². The number of nitrogens with one attached hydrogen (secondary N) is 1. The maximum atomic E-state index is 12.3. The van der Waals surface area contributed by atoms with Gasteiger partial charge in [-0.1, -0.05) is 27.2 Å². The van der Waals surface area contributed by atoms with Crippen LogP contribution in [0.1, 0.15) is 52.9 Å². The summed E-state index contributed by atoms with van der Waals surface area (Å²) < 4.78 is 0. The molecule has 0 aromatic heterocycles. The van der Waals surface area contributed by atoms with Crippen LogP contribution in [0.5, 0.6) is 0 Å². The van der Waals surface area contributed by atoms with E-state index in [1.807, 2.05) is 4.90 Å². The first-order chi connectivity index (χ1) is 8.61. The Hall–Kier alpha value is -0.730. The first-order valence-electron chi connectivity index (χ1n) is 7.67. The molecule has 4 unspecified atom stereocenters. The third kappa shape index (κ3) is 2.99. The molecule has 1 saturated carbocycles. The van der Waals surface area contributed by atoms with Crippen LogP contribution in [0.15, 0.2) is 0 Å². The zero-order chi connectivity index (χ0) is 13.1. The van der Waals surface area contributed by atoms with Crippen molar-refractivity contribution < 1.29 is 4.79 Å². The summed E-state index contributed by atoms with van der Waals surface area (Å²) in [5.74, 6) is 2.10. The second-order valence-corrected chi connectivity index (χ2v) is 6.35. The number of amides is 2. The summed E-state index contributed by atoms with van der Waals surface area (Å²) in [6, 6.07) is 0.579. The van der Waals surface area contributed by atoms with Crippen molar-refractivity contribution in [2.75, 3.05) is 13.1 Å². The van der Waals surface area contributed by atoms with E-state index in [-0.39, 0.29) is 6.03 Å². The normalized spacial score (nSPS) is 36.7. The van der Waals surface area contributed by atoms with E-state index in [4.69, 9.17) is 0 Å². The van der Waals surface area contributed by atoms with Gasteiger partial charge < -0.3 is 10.2 Å². The fourth-order valence-corrected chi connectivity index (χ4v) is 3.65. The van der Waals surface area contributed by atoms with Crippen molar-refractivity contribution in [3.63, 3.8) is 0 Å². The van der Waals surface area contributed by atoms with Crippen molar-refractivity contribution in [1.29, 1.82) is 0 Å². The minimum Gasteiger partial charge on any atom is -0.335 e. The van der Waals surface area contributed by atoms with Crippen molar-refractivity contribution >= 4 is 6.03 Å². The van der Waals surface area contributed by atoms with Gasteiger partial charge in [0.25, 0.3) is 0 Å². The number of carbonyl (C=O) groups is 1. The molecule has 0 spiro atoms. The topological polar surface area (TPSA) is 32.3 Å². The van der Waals surface area contributed by atoms with Crippen molar-refractivity contribution in [2.45, 2.75) is 58.9 Å². The summed E-state index contributed by atoms with van der Waals surface area (Å²) in [6.45, 7) is 8.67. The van der Waals surface area contributed by atoms with Gasteiger partial charge in [-0.15, -0.1) is 0 Å². The Morgan fingerprint density at radius 2 is 2.06 bits per heavy atom. The van der Waals surface area contributed by atoms with Gasteiger partial charge in [-0.3, -0.25) is 0 Å². The summed E-state index contributed by atoms with van der Waals surface area (Å²) in [4.78, 5) is 14.3. The van der Waals surface area contributed by atoms with E-state index in [1.165, 1.54) is 19.3 Å². The first-order valence-corrected chi connectivity index (χ1v) is 7.67. The van der Waals surface area contributed by atoms with E-state index < -0.39 is 0 Å². The van der Waals surface area contributed by atoms with E-state index in [2.05, 4.69) is 26.1 Å². The predicted molar refractivity (Wildman–Crippen MR) is 74.5 cm³/mol. The number of hydrogen-bond acceptors (Lipinski definition) is 1. The highest BCUT2D eigenvalue weighted by molar-refractivity contribution is 5.74. The van der Waals surface area contributed by atoms with E-state index in [0.717, 1.165) is 31.8 Å². The number of piperidine rings is 1. The summed E-state index contributed by atoms with van der Waals surface area (Å²) >= 11 is 0. The van der Waals surface area contributed by atoms with Crippen LogP contribution in [0.3, 0.4) is 0 Å². The molecule has 104 valence electrons. The smallest absolute Gasteiger partial charge is 0.317 e. The standard InChI is InChI=1S/C15H28N2O/c1-4-13-7-8-14(12(13)3)16-15(18)17-9-5-6-11(2)10-17/h11-14H,4-10H2,1-3H3,(H,16,18). The third-order valence-corrected chi connectivity index (χ3v) is 5.00. The molecule has 1 saturated heterocycles. The highest BCUT2D eigenvalue weighted by Gasteiger charge is 2.33. The molecule has 1 aliphatic carbocycles. The van der Waals surface area contributed by atoms with E-state index in [9.17, 15) is 4.79 Å². The van der Waals surface area contributed by atoms with Gasteiger partial charge in [-0.2, -0.15) is 0 Å². The quantitative estimate of drug-likeness (QED) is 0.804. The summed E-state index contributed by atoms with van der Waals surface area (Å²) in [5, 5.41) is 3.27. The Morgan fingerprint density at radius 1 is 1.28 bits per heavy atom. The highest BCUT2D eigenvalue weighted by atomic mass is 16.2. The van der Waals surface area contributed by atoms with Crippen LogP contribution in [0.25, 0.3) is 0 Å². The fraction of sp³-hybridized carbons (Fsp3) is 0.933. The average molecular weight is 252 g/mol. The largest absolute Gasteiger partial charge is 0.335 e. The van der Waals surface area contributed by atoms with Crippen molar-refractivity contribution in [1.82, 2.24) is 10.2 Å². The van der Waals surface area contributed by atoms with Gasteiger partial charge in [0.2, 0.25) is 0 Å². The molecule has 2 aliphatic rings. The second kappa shape index (κ2) is 5.94. The van der Waals surface area contributed by atoms with Gasteiger partial charge in [-0.05, 0) is 43.4 Å². The maximum absolute atomic E-state index is 12.3. The molecule has 3 heteroatoms. The molecule has 1 heterocycles. The minimum atomic E-state index is 0.176. The van der Waals surface area contributed by atoms with Gasteiger partial charge in [0.1, 0.15) is 0 Å². The summed E-state index contributed by atoms with van der Waals surface area (Å²) in [5.41, 5.74) is 0. The lowest BCUT2D eigenvalue weighted by atomic mass is 9.93. The molecule has 2 amide bonds. The van der Waals surface area contributed by atoms with Crippen LogP contribution in [-0.2, 0) is 0 Å². The molecule has 3 nitrogen and oxygen atoms in total. The van der Waals surface area contributed by atoms with Crippen molar-refractivity contribution in [2.24, 2.45) is 17.8 Å². The Balaban J connectivity index is 1.84. The Bertz CT molecular complexity index is 292. The van der Waals surface area contributed by atoms with Gasteiger partial charge in [0.15, 0.2) is 0 Å². The molecular weight excluding hydrogens is 224 g/mol. The number of carbonyl (C=O) groups excluding carboxylic acids is 1. The molecular formula is C15H28N2O. The molecule has 1 N–H and O–H groups in total. The lowest BCUT2D eigenvalue weighted by Crippen LogP contribution is -2.49. The summed E-state index contributed by atoms with van der Waals surface area (Å²) in [7, 11) is 0. The zero-order valence-corrected chi connectivity index (χ0v) is 12.1. The van der Waals surface area contributed by atoms with Crippen LogP contribution >= 0.6 is 0 Å². The zero-order valence-electron chi connectivity index (χ0n) is 12.1. The van der Waals surface area contributed by atoms with E-state index in [0.29, 0.717) is 17.9 Å². The SMILES string of the molecule is CCC1CCC(NC(=O)N2CCCC(C)C2)C1C. The maximum Gasteiger partial charge on any atom is 0.317 e. The second-order valence-electron chi connectivity index (χ2n) is 6.35. The van der Waals surface area contributed by atoms with E-state index in [1.54, 1.807) is 0 Å². The Labute approximate surface area is 111 Å². The fourth-order valence-electron chi connectivity index (χ4n) is 3.65. The molecule has 2 fully saturated rings. The number of rotatable bonds is 2. The van der Waals surface area contributed by atoms with Gasteiger partial charge >= 0.3 is 6.03 Å². The molecule has 4 atom stereocenters. The molecule has 0 aromatic rings. The number of hydrogen-bond donors (Lipinski definition) is 1. The van der Waals surface area contributed by atoms with Crippen LogP contribution in [0.2, 0.25) is 0 Å². The highest BCUT2D eigenvalue weighted by Crippen LogP contribution is 2.34. The van der Waals surface area contributed by atoms with Crippen molar-refractivity contribution in [3.8, 4) is 0 Å². The molecule has 1 aliphatic heterocycles. The lowest BCUT2D eigenvalue weighted by Gasteiger charge is -2.32. The molecule has 18 heavy (non-hydrogen) atoms. The number of likely N-dealkylation sites (tertiary alicyclic amines) is 1. The van der Waals surface area contributed by atoms with E-state index >= 15 is 0 Å². The van der Waals surface area contributed by atoms with Crippen LogP contribution in [0.4, 0.5) is 4.79 Å². The Kier molecular flexibility index (Phi) is 4.52. The lowest BCUT2D eigenvalue weighted by molar-refractivity contribution is 0.163. The van der Waals surface area contributed by atoms with Crippen molar-refractivity contribution in [3.05, 3.63) is 0 Å². The molecule has 2 rings (SSSR count). The van der Waals surface area contributed by atoms with Gasteiger partial charge in [-0.25, -0.2) is 4.79 Å². The van der Waals surface area contributed by atoms with Crippen LogP contribution in [-0.4, -0.2) is 30.1 Å². The summed E-state index contributed by atoms with van der Waals surface area (Å²) in [6.07, 6.45) is 6.11. The monoisotopic (exact) mass is 252 g/mol. The average Bonchev–Trinajstić information content (AvgIpc) is 2.70. The van der Waals surface area contributed by atoms with Crippen LogP contribution in [0, 0.1) is 17.8 Å². The predicted octanol–water partition coefficient (Wildman–Crippen LogP) is 3.25.